The molecule has 11 nitrogen and oxygen atoms in total. The Morgan fingerprint density at radius 2 is 1.83 bits per heavy atom. The van der Waals surface area contributed by atoms with Crippen LogP contribution in [0.15, 0.2) is 48.5 Å². The number of hydrogen-bond acceptors (Lipinski definition) is 8. The molecule has 1 saturated heterocycles. The van der Waals surface area contributed by atoms with Crippen LogP contribution in [0, 0.1) is 11.7 Å². The number of alkyl halides is 3. The van der Waals surface area contributed by atoms with Gasteiger partial charge in [-0.2, -0.15) is 0 Å². The van der Waals surface area contributed by atoms with Crippen molar-refractivity contribution in [3.05, 3.63) is 59.9 Å². The summed E-state index contributed by atoms with van der Waals surface area (Å²) < 4.78 is 60.3. The van der Waals surface area contributed by atoms with Gasteiger partial charge in [-0.3, -0.25) is 29.2 Å². The van der Waals surface area contributed by atoms with Gasteiger partial charge in [-0.1, -0.05) is 18.2 Å². The van der Waals surface area contributed by atoms with Gasteiger partial charge in [0.25, 0.3) is 5.91 Å². The Bertz CT molecular complexity index is 1280. The Hall–Kier alpha value is -4.08. The number of ketones is 1. The van der Waals surface area contributed by atoms with Crippen molar-refractivity contribution in [2.45, 2.75) is 43.9 Å². The first kappa shape index (κ1) is 32.4. The number of aliphatic hydroxyl groups is 1. The molecule has 0 radical (unpaired) electrons. The number of amides is 3. The predicted octanol–water partition coefficient (Wildman–Crippen LogP) is 1.41. The first-order chi connectivity index (χ1) is 19.8. The van der Waals surface area contributed by atoms with E-state index in [1.54, 1.807) is 12.1 Å². The molecule has 1 aliphatic rings. The lowest BCUT2D eigenvalue weighted by Crippen LogP contribution is -2.56. The average molecular weight is 599 g/mol. The Morgan fingerprint density at radius 1 is 1.10 bits per heavy atom. The molecule has 5 N–H and O–H groups in total. The number of Topliss-reactive ketones (excluding diaryl/α,β-unsaturated/α-hetero) is 1. The van der Waals surface area contributed by atoms with Crippen molar-refractivity contribution in [3.8, 4) is 5.75 Å². The molecule has 1 heterocycles. The zero-order chi connectivity index (χ0) is 30.9. The van der Waals surface area contributed by atoms with Crippen LogP contribution in [0.1, 0.15) is 18.4 Å². The van der Waals surface area contributed by atoms with E-state index in [2.05, 4.69) is 26.0 Å². The van der Waals surface area contributed by atoms with Crippen molar-refractivity contribution in [2.24, 2.45) is 5.92 Å². The summed E-state index contributed by atoms with van der Waals surface area (Å²) in [5, 5.41) is 20.3. The Kier molecular flexibility index (Phi) is 11.4. The summed E-state index contributed by atoms with van der Waals surface area (Å²) in [6.45, 7) is -1.13. The van der Waals surface area contributed by atoms with Crippen molar-refractivity contribution < 1.29 is 51.3 Å². The van der Waals surface area contributed by atoms with Gasteiger partial charge in [0, 0.05) is 24.2 Å². The summed E-state index contributed by atoms with van der Waals surface area (Å²) in [4.78, 5) is 50.8. The zero-order valence-corrected chi connectivity index (χ0v) is 22.4. The smallest absolute Gasteiger partial charge is 0.497 e. The fourth-order valence-corrected chi connectivity index (χ4v) is 4.26. The molecule has 3 rings (SSSR count). The lowest BCUT2D eigenvalue weighted by atomic mass is 9.95. The molecule has 228 valence electrons. The number of halogens is 4. The first-order valence-electron chi connectivity index (χ1n) is 12.8. The SMILES string of the molecule is COc1cccc(NC(=O)C(O)N[C@@H](Cc2cccc(F)c2)C(=O)N[C@@H](C[C@@H]2CCNC2=O)C(=O)COC(F)(F)F)c1. The molecule has 0 spiro atoms. The number of carbonyl (C=O) groups is 4. The number of hydrogen-bond donors (Lipinski definition) is 5. The van der Waals surface area contributed by atoms with Crippen molar-refractivity contribution in [2.75, 3.05) is 25.6 Å². The van der Waals surface area contributed by atoms with E-state index in [0.717, 1.165) is 12.1 Å². The topological polar surface area (TPSA) is 155 Å². The number of anilines is 1. The van der Waals surface area contributed by atoms with E-state index in [0.29, 0.717) is 5.75 Å². The van der Waals surface area contributed by atoms with E-state index in [4.69, 9.17) is 4.74 Å². The number of ether oxygens (including phenoxy) is 2. The van der Waals surface area contributed by atoms with Crippen LogP contribution in [0.5, 0.6) is 5.75 Å². The zero-order valence-electron chi connectivity index (χ0n) is 22.4. The fraction of sp³-hybridized carbons (Fsp3) is 0.407. The summed E-state index contributed by atoms with van der Waals surface area (Å²) in [6.07, 6.45) is -7.44. The minimum absolute atomic E-state index is 0.261. The standard InChI is InChI=1S/C27H30F4N4O7/c1-41-19-7-3-6-18(13-19)33-25(39)26(40)35-21(11-15-4-2-5-17(28)10-15)24(38)34-20(12-16-8-9-32-23(16)37)22(36)14-42-27(29,30)31/h2-7,10,13,16,20-21,26,35,40H,8-9,11-12,14H2,1H3,(H,32,37)(H,33,39)(H,34,38)/t16-,20-,21-,26?/m0/s1. The maximum absolute atomic E-state index is 13.8. The highest BCUT2D eigenvalue weighted by atomic mass is 19.4. The number of benzene rings is 2. The van der Waals surface area contributed by atoms with E-state index in [1.165, 1.54) is 31.4 Å². The molecule has 0 aromatic heterocycles. The van der Waals surface area contributed by atoms with Gasteiger partial charge in [0.2, 0.25) is 11.8 Å². The van der Waals surface area contributed by atoms with E-state index in [1.807, 2.05) is 0 Å². The van der Waals surface area contributed by atoms with Gasteiger partial charge >= 0.3 is 6.36 Å². The second-order valence-corrected chi connectivity index (χ2v) is 9.45. The van der Waals surface area contributed by atoms with Gasteiger partial charge in [0.1, 0.15) is 18.2 Å². The number of nitrogens with one attached hydrogen (secondary N) is 4. The van der Waals surface area contributed by atoms with Crippen molar-refractivity contribution >= 4 is 29.2 Å². The molecular formula is C27H30F4N4O7. The number of rotatable bonds is 14. The van der Waals surface area contributed by atoms with E-state index < -0.39 is 66.5 Å². The molecular weight excluding hydrogens is 568 g/mol. The quantitative estimate of drug-likeness (QED) is 0.162. The maximum atomic E-state index is 13.8. The minimum atomic E-state index is -5.11. The molecule has 3 amide bonds. The minimum Gasteiger partial charge on any atom is -0.497 e. The third-order valence-electron chi connectivity index (χ3n) is 6.36. The van der Waals surface area contributed by atoms with Crippen molar-refractivity contribution in [3.63, 3.8) is 0 Å². The molecule has 42 heavy (non-hydrogen) atoms. The van der Waals surface area contributed by atoms with Gasteiger partial charge in [-0.15, -0.1) is 13.2 Å². The van der Waals surface area contributed by atoms with Gasteiger partial charge in [0.15, 0.2) is 12.0 Å². The Morgan fingerprint density at radius 3 is 2.48 bits per heavy atom. The number of aliphatic hydroxyl groups excluding tert-OH is 1. The van der Waals surface area contributed by atoms with Crippen LogP contribution in [0.2, 0.25) is 0 Å². The molecule has 0 aliphatic carbocycles. The van der Waals surface area contributed by atoms with E-state index in [-0.39, 0.29) is 37.1 Å². The Balaban J connectivity index is 1.79. The highest BCUT2D eigenvalue weighted by molar-refractivity contribution is 5.95. The van der Waals surface area contributed by atoms with Gasteiger partial charge < -0.3 is 25.8 Å². The number of methoxy groups -OCH3 is 1. The average Bonchev–Trinajstić information content (AvgIpc) is 3.34. The van der Waals surface area contributed by atoms with Gasteiger partial charge in [0.05, 0.1) is 19.2 Å². The summed E-state index contributed by atoms with van der Waals surface area (Å²) >= 11 is 0. The van der Waals surface area contributed by atoms with E-state index >= 15 is 0 Å². The summed E-state index contributed by atoms with van der Waals surface area (Å²) in [5.41, 5.74) is 0.526. The monoisotopic (exact) mass is 598 g/mol. The van der Waals surface area contributed by atoms with Crippen molar-refractivity contribution in [1.29, 1.82) is 0 Å². The second-order valence-electron chi connectivity index (χ2n) is 9.45. The maximum Gasteiger partial charge on any atom is 0.522 e. The lowest BCUT2D eigenvalue weighted by molar-refractivity contribution is -0.321. The molecule has 2 aromatic rings. The van der Waals surface area contributed by atoms with Crippen LogP contribution >= 0.6 is 0 Å². The summed E-state index contributed by atoms with van der Waals surface area (Å²) in [7, 11) is 1.42. The molecule has 2 aromatic carbocycles. The van der Waals surface area contributed by atoms with Crippen LogP contribution in [-0.4, -0.2) is 73.5 Å². The summed E-state index contributed by atoms with van der Waals surface area (Å²) in [6, 6.07) is 8.24. The van der Waals surface area contributed by atoms with Crippen LogP contribution in [0.3, 0.4) is 0 Å². The third kappa shape index (κ3) is 10.1. The lowest BCUT2D eigenvalue weighted by Gasteiger charge is -2.26. The van der Waals surface area contributed by atoms with Crippen LogP contribution in [0.25, 0.3) is 0 Å². The van der Waals surface area contributed by atoms with Gasteiger partial charge in [-0.05, 0) is 49.1 Å². The first-order valence-corrected chi connectivity index (χ1v) is 12.8. The molecule has 0 bridgehead atoms. The highest BCUT2D eigenvalue weighted by Gasteiger charge is 2.36. The van der Waals surface area contributed by atoms with Crippen LogP contribution < -0.4 is 26.0 Å². The van der Waals surface area contributed by atoms with Crippen molar-refractivity contribution in [1.82, 2.24) is 16.0 Å². The largest absolute Gasteiger partial charge is 0.522 e. The second kappa shape index (κ2) is 14.7. The normalized spacial score (nSPS) is 17.1. The van der Waals surface area contributed by atoms with Gasteiger partial charge in [-0.25, -0.2) is 4.39 Å². The molecule has 1 unspecified atom stereocenters. The Labute approximate surface area is 237 Å². The van der Waals surface area contributed by atoms with Crippen LogP contribution in [-0.2, 0) is 30.3 Å². The third-order valence-corrected chi connectivity index (χ3v) is 6.36. The van der Waals surface area contributed by atoms with Crippen LogP contribution in [0.4, 0.5) is 23.2 Å². The van der Waals surface area contributed by atoms with E-state index in [9.17, 15) is 41.8 Å². The summed E-state index contributed by atoms with van der Waals surface area (Å²) in [5.74, 6) is -4.55. The molecule has 0 saturated carbocycles. The predicted molar refractivity (Wildman–Crippen MR) is 139 cm³/mol. The molecule has 1 fully saturated rings. The molecule has 4 atom stereocenters. The molecule has 1 aliphatic heterocycles. The molecule has 15 heteroatoms. The number of carbonyl (C=O) groups excluding carboxylic acids is 4. The fourth-order valence-electron chi connectivity index (χ4n) is 4.26. The highest BCUT2D eigenvalue weighted by Crippen LogP contribution is 2.20.